The number of rotatable bonds is 3. The molecule has 0 saturated heterocycles. The number of halogens is 2. The van der Waals surface area contributed by atoms with E-state index < -0.39 is 17.8 Å². The van der Waals surface area contributed by atoms with Crippen molar-refractivity contribution in [2.75, 3.05) is 0 Å². The first-order valence-corrected chi connectivity index (χ1v) is 10.2. The minimum atomic E-state index is -1.81. The Balaban J connectivity index is 0.00000264. The Morgan fingerprint density at radius 3 is 2.12 bits per heavy atom. The van der Waals surface area contributed by atoms with Gasteiger partial charge in [-0.25, -0.2) is 0 Å². The summed E-state index contributed by atoms with van der Waals surface area (Å²) in [6.07, 6.45) is 5.72. The van der Waals surface area contributed by atoms with Crippen molar-refractivity contribution in [1.82, 2.24) is 0 Å². The fraction of sp³-hybridized carbons (Fsp3) is 0.450. The van der Waals surface area contributed by atoms with E-state index in [-0.39, 0.29) is 30.2 Å². The first-order chi connectivity index (χ1) is 10.2. The molecule has 0 atom stereocenters. The maximum atomic E-state index is 6.55. The van der Waals surface area contributed by atoms with Crippen LogP contribution in [0, 0.1) is 6.92 Å². The smallest absolute Gasteiger partial charge is 0.147 e. The monoisotopic (exact) mass is 404 g/mol. The molecule has 0 aromatic heterocycles. The second kappa shape index (κ2) is 9.39. The van der Waals surface area contributed by atoms with E-state index in [0.717, 1.165) is 12.2 Å². The molecule has 134 valence electrons. The van der Waals surface area contributed by atoms with Gasteiger partial charge in [-0.05, 0) is 0 Å². The van der Waals surface area contributed by atoms with Gasteiger partial charge in [0, 0.05) is 0 Å². The van der Waals surface area contributed by atoms with Crippen molar-refractivity contribution in [3.63, 3.8) is 0 Å². The Hall–Kier alpha value is -0.336. The minimum Gasteiger partial charge on any atom is -0.147 e. The predicted molar refractivity (Wildman–Crippen MR) is 108 cm³/mol. The first-order valence-electron chi connectivity index (χ1n) is 8.02. The van der Waals surface area contributed by atoms with Gasteiger partial charge in [0.2, 0.25) is 0 Å². The van der Waals surface area contributed by atoms with E-state index >= 15 is 0 Å². The van der Waals surface area contributed by atoms with Crippen molar-refractivity contribution >= 4 is 28.6 Å². The van der Waals surface area contributed by atoms with E-state index in [0.29, 0.717) is 0 Å². The molecule has 24 heavy (non-hydrogen) atoms. The summed E-state index contributed by atoms with van der Waals surface area (Å²) in [7, 11) is 0. The third kappa shape index (κ3) is 6.19. The van der Waals surface area contributed by atoms with Gasteiger partial charge in [-0.1, -0.05) is 0 Å². The van der Waals surface area contributed by atoms with Crippen molar-refractivity contribution in [1.29, 1.82) is 0 Å². The maximum Gasteiger partial charge on any atom is -0.147 e. The fourth-order valence-electron chi connectivity index (χ4n) is 2.67. The Bertz CT molecular complexity index is 675. The van der Waals surface area contributed by atoms with Gasteiger partial charge >= 0.3 is 142 Å². The molecule has 1 aromatic rings. The van der Waals surface area contributed by atoms with Crippen LogP contribution in [0.3, 0.4) is 0 Å². The SMILES string of the molecule is CC1=CC[C]([Ti]([O]c2cc(C)cc(C(C)(C)C)c2)=[C](C)C)=C1.Cl.Cl. The van der Waals surface area contributed by atoms with E-state index in [9.17, 15) is 0 Å². The van der Waals surface area contributed by atoms with E-state index in [1.54, 1.807) is 0 Å². The first kappa shape index (κ1) is 23.7. The molecule has 0 spiro atoms. The standard InChI is InChI=1S/C11H16O.C6H7.C3H6.2ClH.Ti/c1-8-5-9(11(2,3)4)7-10(12)6-8;1-6-4-2-3-5-6;1-3-2;;;/h5-7,12H,1-4H3;4-5H,2H2,1H3;1-2H3;2*1H;/q;;;;;+1/p-1. The van der Waals surface area contributed by atoms with Crippen LogP contribution >= 0.6 is 24.8 Å². The van der Waals surface area contributed by atoms with Crippen molar-refractivity contribution in [2.45, 2.75) is 60.3 Å². The second-order valence-corrected chi connectivity index (χ2v) is 11.4. The summed E-state index contributed by atoms with van der Waals surface area (Å²) in [4.78, 5) is 0. The Labute approximate surface area is 166 Å². The molecule has 0 fully saturated rings. The van der Waals surface area contributed by atoms with Crippen LogP contribution in [0.5, 0.6) is 5.75 Å². The number of aryl methyl sites for hydroxylation is 1. The van der Waals surface area contributed by atoms with Crippen LogP contribution in [0.2, 0.25) is 0 Å². The molecular formula is C20H30Cl2OTi. The average Bonchev–Trinajstić information content (AvgIpc) is 2.80. The van der Waals surface area contributed by atoms with Crippen molar-refractivity contribution in [2.24, 2.45) is 0 Å². The molecule has 4 heteroatoms. The minimum absolute atomic E-state index is 0. The van der Waals surface area contributed by atoms with Crippen LogP contribution in [0.15, 0.2) is 39.8 Å². The average molecular weight is 405 g/mol. The zero-order valence-corrected chi connectivity index (χ0v) is 19.0. The van der Waals surface area contributed by atoms with Crippen molar-refractivity contribution < 1.29 is 21.1 Å². The van der Waals surface area contributed by atoms with Gasteiger partial charge in [0.15, 0.2) is 0 Å². The normalized spacial score (nSPS) is 13.3. The predicted octanol–water partition coefficient (Wildman–Crippen LogP) is 6.49. The molecule has 1 aliphatic carbocycles. The van der Waals surface area contributed by atoms with E-state index in [4.69, 9.17) is 3.32 Å². The molecule has 1 aromatic carbocycles. The summed E-state index contributed by atoms with van der Waals surface area (Å²) in [6, 6.07) is 6.69. The summed E-state index contributed by atoms with van der Waals surface area (Å²) in [5, 5.41) is 0. The van der Waals surface area contributed by atoms with Crippen molar-refractivity contribution in [3.05, 3.63) is 50.9 Å². The molecule has 0 N–H and O–H groups in total. The number of benzene rings is 1. The largest absolute Gasteiger partial charge is 0.147 e. The zero-order valence-electron chi connectivity index (χ0n) is 15.8. The van der Waals surface area contributed by atoms with Crippen LogP contribution in [-0.2, 0) is 23.2 Å². The summed E-state index contributed by atoms with van der Waals surface area (Å²) in [5.74, 6) is 1.05. The number of allylic oxidation sites excluding steroid dienone is 4. The Kier molecular flexibility index (Phi) is 9.25. The van der Waals surface area contributed by atoms with Crippen LogP contribution in [0.4, 0.5) is 0 Å². The number of hydrogen-bond donors (Lipinski definition) is 0. The van der Waals surface area contributed by atoms with Gasteiger partial charge in [-0.2, -0.15) is 0 Å². The summed E-state index contributed by atoms with van der Waals surface area (Å²) in [6.45, 7) is 15.6. The third-order valence-electron chi connectivity index (χ3n) is 3.93. The quantitative estimate of drug-likeness (QED) is 0.522. The Morgan fingerprint density at radius 2 is 1.67 bits per heavy atom. The second-order valence-electron chi connectivity index (χ2n) is 7.54. The zero-order chi connectivity index (χ0) is 16.5. The molecule has 1 nitrogen and oxygen atoms in total. The fourth-order valence-corrected chi connectivity index (χ4v) is 5.76. The molecule has 0 aliphatic heterocycles. The molecule has 0 radical (unpaired) electrons. The molecule has 0 bridgehead atoms. The molecule has 0 saturated carbocycles. The van der Waals surface area contributed by atoms with Gasteiger partial charge in [-0.15, -0.1) is 24.8 Å². The van der Waals surface area contributed by atoms with Crippen LogP contribution in [0.1, 0.15) is 59.1 Å². The maximum absolute atomic E-state index is 6.55. The van der Waals surface area contributed by atoms with Gasteiger partial charge in [0.25, 0.3) is 0 Å². The molecule has 1 aliphatic rings. The van der Waals surface area contributed by atoms with E-state index in [2.05, 4.69) is 78.8 Å². The van der Waals surface area contributed by atoms with Gasteiger partial charge in [-0.3, -0.25) is 0 Å². The molecule has 0 amide bonds. The van der Waals surface area contributed by atoms with E-state index in [1.165, 1.54) is 24.4 Å². The molecule has 2 rings (SSSR count). The summed E-state index contributed by atoms with van der Waals surface area (Å²) in [5.41, 5.74) is 4.16. The van der Waals surface area contributed by atoms with Crippen LogP contribution in [0.25, 0.3) is 0 Å². The van der Waals surface area contributed by atoms with Crippen LogP contribution in [-0.4, -0.2) is 3.81 Å². The summed E-state index contributed by atoms with van der Waals surface area (Å²) < 4.78 is 9.54. The van der Waals surface area contributed by atoms with Crippen molar-refractivity contribution in [3.8, 4) is 5.75 Å². The van der Waals surface area contributed by atoms with Crippen LogP contribution < -0.4 is 3.32 Å². The van der Waals surface area contributed by atoms with Gasteiger partial charge in [0.1, 0.15) is 0 Å². The topological polar surface area (TPSA) is 9.23 Å². The molecule has 0 unspecified atom stereocenters. The number of hydrogen-bond acceptors (Lipinski definition) is 1. The third-order valence-corrected chi connectivity index (χ3v) is 7.49. The van der Waals surface area contributed by atoms with Gasteiger partial charge in [0.05, 0.1) is 0 Å². The summed E-state index contributed by atoms with van der Waals surface area (Å²) >= 11 is -1.81. The Morgan fingerprint density at radius 1 is 1.04 bits per heavy atom. The van der Waals surface area contributed by atoms with Gasteiger partial charge < -0.3 is 0 Å². The van der Waals surface area contributed by atoms with E-state index in [1.807, 2.05) is 0 Å². The molecular weight excluding hydrogens is 375 g/mol. The molecule has 0 heterocycles.